The Morgan fingerprint density at radius 3 is 2.32 bits per heavy atom. The van der Waals surface area contributed by atoms with Crippen LogP contribution in [0.2, 0.25) is 0 Å². The molecule has 0 aliphatic carbocycles. The summed E-state index contributed by atoms with van der Waals surface area (Å²) >= 11 is 0. The Morgan fingerprint density at radius 1 is 1.04 bits per heavy atom. The van der Waals surface area contributed by atoms with Gasteiger partial charge >= 0.3 is 0 Å². The third kappa shape index (κ3) is 4.80. The van der Waals surface area contributed by atoms with Crippen LogP contribution in [0.1, 0.15) is 46.3 Å². The summed E-state index contributed by atoms with van der Waals surface area (Å²) in [6.45, 7) is 5.38. The number of likely N-dealkylation sites (tertiary alicyclic amines) is 1. The second-order valence-electron chi connectivity index (χ2n) is 7.69. The van der Waals surface area contributed by atoms with Gasteiger partial charge in [-0.15, -0.1) is 0 Å². The van der Waals surface area contributed by atoms with E-state index in [9.17, 15) is 9.59 Å². The molecule has 28 heavy (non-hydrogen) atoms. The molecule has 148 valence electrons. The largest absolute Gasteiger partial charge is 0.497 e. The van der Waals surface area contributed by atoms with E-state index in [-0.39, 0.29) is 17.6 Å². The minimum atomic E-state index is 0.0204. The topological polar surface area (TPSA) is 46.6 Å². The molecule has 0 spiro atoms. The first-order valence-corrected chi connectivity index (χ1v) is 10.00. The van der Waals surface area contributed by atoms with Gasteiger partial charge in [0.1, 0.15) is 5.75 Å². The molecule has 4 nitrogen and oxygen atoms in total. The van der Waals surface area contributed by atoms with Crippen molar-refractivity contribution in [3.05, 3.63) is 64.7 Å². The van der Waals surface area contributed by atoms with Crippen LogP contribution in [0.3, 0.4) is 0 Å². The van der Waals surface area contributed by atoms with E-state index >= 15 is 0 Å². The van der Waals surface area contributed by atoms with Gasteiger partial charge in [-0.2, -0.15) is 0 Å². The fourth-order valence-electron chi connectivity index (χ4n) is 3.90. The maximum atomic E-state index is 12.9. The molecule has 0 saturated carbocycles. The molecule has 0 radical (unpaired) electrons. The van der Waals surface area contributed by atoms with Gasteiger partial charge in [-0.1, -0.05) is 35.9 Å². The van der Waals surface area contributed by atoms with Crippen LogP contribution in [0.25, 0.3) is 0 Å². The highest BCUT2D eigenvalue weighted by atomic mass is 16.5. The molecule has 0 aromatic heterocycles. The molecule has 1 amide bonds. The van der Waals surface area contributed by atoms with Gasteiger partial charge in [-0.25, -0.2) is 0 Å². The first-order chi connectivity index (χ1) is 13.5. The van der Waals surface area contributed by atoms with E-state index < -0.39 is 0 Å². The van der Waals surface area contributed by atoms with E-state index in [2.05, 4.69) is 6.07 Å². The third-order valence-corrected chi connectivity index (χ3v) is 5.65. The first-order valence-electron chi connectivity index (χ1n) is 10.00. The van der Waals surface area contributed by atoms with E-state index in [4.69, 9.17) is 4.74 Å². The number of carbonyl (C=O) groups excluding carboxylic acids is 2. The lowest BCUT2D eigenvalue weighted by Crippen LogP contribution is -2.40. The normalized spacial score (nSPS) is 14.8. The highest BCUT2D eigenvalue weighted by Gasteiger charge is 2.28. The molecule has 0 bridgehead atoms. The van der Waals surface area contributed by atoms with E-state index in [0.29, 0.717) is 19.5 Å². The minimum Gasteiger partial charge on any atom is -0.497 e. The van der Waals surface area contributed by atoms with Gasteiger partial charge in [-0.3, -0.25) is 9.59 Å². The summed E-state index contributed by atoms with van der Waals surface area (Å²) in [4.78, 5) is 27.3. The molecule has 3 rings (SSSR count). The lowest BCUT2D eigenvalue weighted by atomic mass is 9.87. The zero-order chi connectivity index (χ0) is 20.1. The highest BCUT2D eigenvalue weighted by Crippen LogP contribution is 2.24. The van der Waals surface area contributed by atoms with Crippen LogP contribution < -0.4 is 4.74 Å². The molecule has 1 fully saturated rings. The van der Waals surface area contributed by atoms with Gasteiger partial charge < -0.3 is 9.64 Å². The quantitative estimate of drug-likeness (QED) is 0.701. The molecule has 0 N–H and O–H groups in total. The Hall–Kier alpha value is -2.62. The van der Waals surface area contributed by atoms with E-state index in [1.54, 1.807) is 7.11 Å². The monoisotopic (exact) mass is 379 g/mol. The van der Waals surface area contributed by atoms with Crippen molar-refractivity contribution >= 4 is 11.7 Å². The summed E-state index contributed by atoms with van der Waals surface area (Å²) < 4.78 is 5.16. The number of methoxy groups -OCH3 is 1. The van der Waals surface area contributed by atoms with Crippen LogP contribution in [0.15, 0.2) is 42.5 Å². The van der Waals surface area contributed by atoms with Crippen molar-refractivity contribution in [2.75, 3.05) is 20.2 Å². The van der Waals surface area contributed by atoms with E-state index in [1.807, 2.05) is 55.1 Å². The molecular formula is C24H29NO3. The van der Waals surface area contributed by atoms with Crippen molar-refractivity contribution in [1.29, 1.82) is 0 Å². The SMILES string of the molecule is COc1ccc(CCC(=O)N2CCC(C(=O)c3ccc(C)cc3C)CC2)cc1. The number of ketones is 1. The van der Waals surface area contributed by atoms with Gasteiger partial charge in [0.05, 0.1) is 7.11 Å². The predicted octanol–water partition coefficient (Wildman–Crippen LogP) is 4.37. The fourth-order valence-corrected chi connectivity index (χ4v) is 3.90. The molecule has 4 heteroatoms. The van der Waals surface area contributed by atoms with Gasteiger partial charge in [0.15, 0.2) is 5.78 Å². The number of hydrogen-bond acceptors (Lipinski definition) is 3. The van der Waals surface area contributed by atoms with Crippen molar-refractivity contribution in [1.82, 2.24) is 4.90 Å². The summed E-state index contributed by atoms with van der Waals surface area (Å²) in [7, 11) is 1.65. The zero-order valence-corrected chi connectivity index (χ0v) is 17.0. The van der Waals surface area contributed by atoms with Crippen molar-refractivity contribution in [2.45, 2.75) is 39.5 Å². The molecule has 1 aliphatic heterocycles. The molecule has 1 heterocycles. The number of nitrogens with zero attached hydrogens (tertiary/aromatic N) is 1. The molecule has 1 aliphatic rings. The van der Waals surface area contributed by atoms with Gasteiger partial charge in [0, 0.05) is 31.0 Å². The first kappa shape index (κ1) is 20.1. The number of benzene rings is 2. The van der Waals surface area contributed by atoms with E-state index in [0.717, 1.165) is 41.7 Å². The van der Waals surface area contributed by atoms with Crippen molar-refractivity contribution < 1.29 is 14.3 Å². The molecule has 1 saturated heterocycles. The summed E-state index contributed by atoms with van der Waals surface area (Å²) in [5.41, 5.74) is 4.18. The van der Waals surface area contributed by atoms with Gasteiger partial charge in [0.2, 0.25) is 5.91 Å². The summed E-state index contributed by atoms with van der Waals surface area (Å²) in [5.74, 6) is 1.24. The van der Waals surface area contributed by atoms with Gasteiger partial charge in [0.25, 0.3) is 0 Å². The maximum Gasteiger partial charge on any atom is 0.222 e. The Bertz CT molecular complexity index is 833. The molecule has 0 unspecified atom stereocenters. The number of rotatable bonds is 6. The zero-order valence-electron chi connectivity index (χ0n) is 17.0. The number of piperidine rings is 1. The number of carbonyl (C=O) groups is 2. The molecular weight excluding hydrogens is 350 g/mol. The summed E-state index contributed by atoms with van der Waals surface area (Å²) in [6.07, 6.45) is 2.73. The van der Waals surface area contributed by atoms with Crippen LogP contribution in [-0.2, 0) is 11.2 Å². The van der Waals surface area contributed by atoms with Crippen LogP contribution in [0.4, 0.5) is 0 Å². The molecule has 2 aromatic rings. The third-order valence-electron chi connectivity index (χ3n) is 5.65. The number of Topliss-reactive ketones (excluding diaryl/α,β-unsaturated/α-hetero) is 1. The number of hydrogen-bond donors (Lipinski definition) is 0. The fraction of sp³-hybridized carbons (Fsp3) is 0.417. The minimum absolute atomic E-state index is 0.0204. The smallest absolute Gasteiger partial charge is 0.222 e. The van der Waals surface area contributed by atoms with Crippen molar-refractivity contribution in [2.24, 2.45) is 5.92 Å². The second-order valence-corrected chi connectivity index (χ2v) is 7.69. The second kappa shape index (κ2) is 9.05. The number of aryl methyl sites for hydroxylation is 3. The average molecular weight is 380 g/mol. The average Bonchev–Trinajstić information content (AvgIpc) is 2.72. The van der Waals surface area contributed by atoms with Crippen LogP contribution >= 0.6 is 0 Å². The maximum absolute atomic E-state index is 12.9. The van der Waals surface area contributed by atoms with Crippen LogP contribution in [-0.4, -0.2) is 36.8 Å². The lowest BCUT2D eigenvalue weighted by molar-refractivity contribution is -0.132. The Kier molecular flexibility index (Phi) is 6.50. The molecule has 0 atom stereocenters. The van der Waals surface area contributed by atoms with Crippen molar-refractivity contribution in [3.8, 4) is 5.75 Å². The Labute approximate surface area is 167 Å². The van der Waals surface area contributed by atoms with Crippen LogP contribution in [0.5, 0.6) is 5.75 Å². The predicted molar refractivity (Wildman–Crippen MR) is 111 cm³/mol. The van der Waals surface area contributed by atoms with Crippen LogP contribution in [0, 0.1) is 19.8 Å². The van der Waals surface area contributed by atoms with Crippen molar-refractivity contribution in [3.63, 3.8) is 0 Å². The molecule has 2 aromatic carbocycles. The number of amides is 1. The van der Waals surface area contributed by atoms with E-state index in [1.165, 1.54) is 5.56 Å². The Morgan fingerprint density at radius 2 is 1.71 bits per heavy atom. The lowest BCUT2D eigenvalue weighted by Gasteiger charge is -2.31. The highest BCUT2D eigenvalue weighted by molar-refractivity contribution is 5.99. The summed E-state index contributed by atoms with van der Waals surface area (Å²) in [6, 6.07) is 13.8. The summed E-state index contributed by atoms with van der Waals surface area (Å²) in [5, 5.41) is 0. The standard InChI is InChI=1S/C24H29NO3/c1-17-4-10-22(18(2)16-17)24(27)20-12-14-25(15-13-20)23(26)11-7-19-5-8-21(28-3)9-6-19/h4-6,8-10,16,20H,7,11-15H2,1-3H3. The van der Waals surface area contributed by atoms with Gasteiger partial charge in [-0.05, 0) is 56.4 Å². The number of ether oxygens (including phenoxy) is 1. The Balaban J connectivity index is 1.50.